The SMILES string of the molecule is CNc1ccncc1S(=O)(=O)NCC1CCN(C)CC1. The van der Waals surface area contributed by atoms with Crippen LogP contribution in [-0.2, 0) is 10.0 Å². The Hall–Kier alpha value is -1.18. The van der Waals surface area contributed by atoms with E-state index in [1.54, 1.807) is 19.3 Å². The van der Waals surface area contributed by atoms with Crippen molar-refractivity contribution < 1.29 is 8.42 Å². The van der Waals surface area contributed by atoms with Crippen molar-refractivity contribution in [2.24, 2.45) is 5.92 Å². The highest BCUT2D eigenvalue weighted by Gasteiger charge is 2.22. The van der Waals surface area contributed by atoms with Crippen LogP contribution in [0, 0.1) is 5.92 Å². The largest absolute Gasteiger partial charge is 0.387 e. The topological polar surface area (TPSA) is 74.3 Å². The summed E-state index contributed by atoms with van der Waals surface area (Å²) in [6, 6.07) is 1.66. The Labute approximate surface area is 120 Å². The summed E-state index contributed by atoms with van der Waals surface area (Å²) in [4.78, 5) is 6.37. The number of likely N-dealkylation sites (tertiary alicyclic amines) is 1. The molecule has 6 nitrogen and oxygen atoms in total. The number of aromatic nitrogens is 1. The van der Waals surface area contributed by atoms with Crippen LogP contribution >= 0.6 is 0 Å². The Morgan fingerprint density at radius 1 is 1.40 bits per heavy atom. The molecule has 1 aliphatic rings. The van der Waals surface area contributed by atoms with Crippen LogP contribution in [0.2, 0.25) is 0 Å². The first kappa shape index (κ1) is 15.2. The Balaban J connectivity index is 2.00. The van der Waals surface area contributed by atoms with Crippen molar-refractivity contribution in [3.05, 3.63) is 18.5 Å². The van der Waals surface area contributed by atoms with Crippen molar-refractivity contribution in [3.63, 3.8) is 0 Å². The molecular formula is C13H22N4O2S. The van der Waals surface area contributed by atoms with Gasteiger partial charge in [-0.25, -0.2) is 13.1 Å². The Morgan fingerprint density at radius 3 is 2.75 bits per heavy atom. The Kier molecular flexibility index (Phi) is 4.95. The van der Waals surface area contributed by atoms with Crippen LogP contribution in [0.4, 0.5) is 5.69 Å². The van der Waals surface area contributed by atoms with E-state index in [-0.39, 0.29) is 4.90 Å². The van der Waals surface area contributed by atoms with E-state index in [2.05, 4.69) is 27.0 Å². The molecule has 1 saturated heterocycles. The zero-order chi connectivity index (χ0) is 14.6. The lowest BCUT2D eigenvalue weighted by molar-refractivity contribution is 0.220. The van der Waals surface area contributed by atoms with Crippen LogP contribution in [-0.4, -0.2) is 52.0 Å². The van der Waals surface area contributed by atoms with Gasteiger partial charge in [0, 0.05) is 26.0 Å². The van der Waals surface area contributed by atoms with E-state index in [9.17, 15) is 8.42 Å². The Bertz CT molecular complexity index is 539. The molecule has 1 aromatic heterocycles. The first-order valence-electron chi connectivity index (χ1n) is 6.83. The van der Waals surface area contributed by atoms with Crippen LogP contribution in [0.15, 0.2) is 23.4 Å². The highest BCUT2D eigenvalue weighted by molar-refractivity contribution is 7.89. The summed E-state index contributed by atoms with van der Waals surface area (Å²) in [6.07, 6.45) is 5.01. The molecule has 2 heterocycles. The zero-order valence-corrected chi connectivity index (χ0v) is 12.8. The lowest BCUT2D eigenvalue weighted by Gasteiger charge is -2.28. The number of hydrogen-bond donors (Lipinski definition) is 2. The van der Waals surface area contributed by atoms with Crippen LogP contribution in [0.3, 0.4) is 0 Å². The van der Waals surface area contributed by atoms with Crippen molar-refractivity contribution in [3.8, 4) is 0 Å². The number of piperidine rings is 1. The minimum Gasteiger partial charge on any atom is -0.387 e. The van der Waals surface area contributed by atoms with Gasteiger partial charge < -0.3 is 10.2 Å². The average molecular weight is 298 g/mol. The molecular weight excluding hydrogens is 276 g/mol. The number of rotatable bonds is 5. The molecule has 0 aromatic carbocycles. The lowest BCUT2D eigenvalue weighted by Crippen LogP contribution is -2.37. The summed E-state index contributed by atoms with van der Waals surface area (Å²) in [5.41, 5.74) is 0.566. The van der Waals surface area contributed by atoms with Crippen molar-refractivity contribution in [1.29, 1.82) is 0 Å². The van der Waals surface area contributed by atoms with E-state index >= 15 is 0 Å². The minimum atomic E-state index is -3.50. The van der Waals surface area contributed by atoms with E-state index < -0.39 is 10.0 Å². The number of hydrogen-bond acceptors (Lipinski definition) is 5. The molecule has 0 unspecified atom stereocenters. The van der Waals surface area contributed by atoms with Crippen LogP contribution in [0.1, 0.15) is 12.8 Å². The molecule has 0 radical (unpaired) electrons. The summed E-state index contributed by atoms with van der Waals surface area (Å²) >= 11 is 0. The maximum atomic E-state index is 12.3. The first-order valence-corrected chi connectivity index (χ1v) is 8.31. The molecule has 0 spiro atoms. The molecule has 0 aliphatic carbocycles. The molecule has 1 aromatic rings. The minimum absolute atomic E-state index is 0.204. The van der Waals surface area contributed by atoms with Gasteiger partial charge in [0.15, 0.2) is 0 Å². The van der Waals surface area contributed by atoms with Crippen molar-refractivity contribution in [2.75, 3.05) is 39.0 Å². The highest BCUT2D eigenvalue weighted by atomic mass is 32.2. The van der Waals surface area contributed by atoms with Gasteiger partial charge in [-0.15, -0.1) is 0 Å². The van der Waals surface area contributed by atoms with Gasteiger partial charge in [0.1, 0.15) is 4.90 Å². The average Bonchev–Trinajstić information content (AvgIpc) is 2.46. The summed E-state index contributed by atoms with van der Waals surface area (Å²) in [6.45, 7) is 2.55. The maximum absolute atomic E-state index is 12.3. The molecule has 112 valence electrons. The predicted molar refractivity (Wildman–Crippen MR) is 79.2 cm³/mol. The second-order valence-electron chi connectivity index (χ2n) is 5.22. The van der Waals surface area contributed by atoms with Crippen LogP contribution < -0.4 is 10.0 Å². The van der Waals surface area contributed by atoms with Crippen molar-refractivity contribution in [1.82, 2.24) is 14.6 Å². The van der Waals surface area contributed by atoms with E-state index in [0.29, 0.717) is 18.2 Å². The molecule has 0 atom stereocenters. The van der Waals surface area contributed by atoms with Crippen molar-refractivity contribution >= 4 is 15.7 Å². The summed E-state index contributed by atoms with van der Waals surface area (Å²) in [7, 11) is 0.288. The third-order valence-electron chi connectivity index (χ3n) is 3.74. The second kappa shape index (κ2) is 6.51. The number of nitrogens with one attached hydrogen (secondary N) is 2. The molecule has 20 heavy (non-hydrogen) atoms. The predicted octanol–water partition coefficient (Wildman–Crippen LogP) is 0.743. The van der Waals surface area contributed by atoms with E-state index in [0.717, 1.165) is 25.9 Å². The van der Waals surface area contributed by atoms with Gasteiger partial charge in [0.2, 0.25) is 10.0 Å². The molecule has 0 amide bonds. The standard InChI is InChI=1S/C13H22N4O2S/c1-14-12-3-6-15-10-13(12)20(18,19)16-9-11-4-7-17(2)8-5-11/h3,6,10-11,16H,4-5,7-9H2,1-2H3,(H,14,15). The van der Waals surface area contributed by atoms with Gasteiger partial charge >= 0.3 is 0 Å². The van der Waals surface area contributed by atoms with E-state index in [1.165, 1.54) is 6.20 Å². The third-order valence-corrected chi connectivity index (χ3v) is 5.19. The van der Waals surface area contributed by atoms with Crippen molar-refractivity contribution in [2.45, 2.75) is 17.7 Å². The monoisotopic (exact) mass is 298 g/mol. The van der Waals surface area contributed by atoms with Crippen LogP contribution in [0.5, 0.6) is 0 Å². The molecule has 7 heteroatoms. The summed E-state index contributed by atoms with van der Waals surface area (Å²) in [5.74, 6) is 0.413. The number of nitrogens with zero attached hydrogens (tertiary/aromatic N) is 2. The zero-order valence-electron chi connectivity index (χ0n) is 12.0. The molecule has 1 fully saturated rings. The fourth-order valence-corrected chi connectivity index (χ4v) is 3.64. The lowest BCUT2D eigenvalue weighted by atomic mass is 9.98. The maximum Gasteiger partial charge on any atom is 0.244 e. The number of pyridine rings is 1. The fourth-order valence-electron chi connectivity index (χ4n) is 2.37. The number of sulfonamides is 1. The molecule has 2 rings (SSSR count). The highest BCUT2D eigenvalue weighted by Crippen LogP contribution is 2.20. The fraction of sp³-hybridized carbons (Fsp3) is 0.615. The molecule has 2 N–H and O–H groups in total. The molecule has 0 saturated carbocycles. The number of anilines is 1. The van der Waals surface area contributed by atoms with Gasteiger partial charge in [-0.2, -0.15) is 0 Å². The van der Waals surface area contributed by atoms with E-state index in [4.69, 9.17) is 0 Å². The van der Waals surface area contributed by atoms with Crippen LogP contribution in [0.25, 0.3) is 0 Å². The molecule has 0 bridgehead atoms. The third kappa shape index (κ3) is 3.68. The van der Waals surface area contributed by atoms with Gasteiger partial charge in [-0.3, -0.25) is 4.98 Å². The Morgan fingerprint density at radius 2 is 2.10 bits per heavy atom. The molecule has 1 aliphatic heterocycles. The normalized spacial score (nSPS) is 18.1. The smallest absolute Gasteiger partial charge is 0.244 e. The summed E-state index contributed by atoms with van der Waals surface area (Å²) in [5, 5.41) is 2.88. The van der Waals surface area contributed by atoms with Gasteiger partial charge in [-0.1, -0.05) is 0 Å². The summed E-state index contributed by atoms with van der Waals surface area (Å²) < 4.78 is 27.3. The second-order valence-corrected chi connectivity index (χ2v) is 6.96. The van der Waals surface area contributed by atoms with Gasteiger partial charge in [0.25, 0.3) is 0 Å². The van der Waals surface area contributed by atoms with Gasteiger partial charge in [-0.05, 0) is 45.0 Å². The first-order chi connectivity index (χ1) is 9.53. The van der Waals surface area contributed by atoms with E-state index in [1.807, 2.05) is 0 Å². The van der Waals surface area contributed by atoms with Gasteiger partial charge in [0.05, 0.1) is 5.69 Å². The quantitative estimate of drug-likeness (QED) is 0.839.